The molecule has 0 radical (unpaired) electrons. The van der Waals surface area contributed by atoms with Gasteiger partial charge in [0.25, 0.3) is 0 Å². The minimum atomic E-state index is -4.33. The minimum absolute atomic E-state index is 0.148. The third-order valence-electron chi connectivity index (χ3n) is 4.90. The van der Waals surface area contributed by atoms with Crippen LogP contribution in [-0.2, 0) is 20.9 Å². The van der Waals surface area contributed by atoms with Crippen LogP contribution in [0.5, 0.6) is 0 Å². The Kier molecular flexibility index (Phi) is 6.17. The molecule has 1 heterocycles. The molecule has 0 aliphatic heterocycles. The van der Waals surface area contributed by atoms with E-state index in [1.807, 2.05) is 0 Å². The Morgan fingerprint density at radius 1 is 1.13 bits per heavy atom. The van der Waals surface area contributed by atoms with Crippen molar-refractivity contribution in [3.05, 3.63) is 72.1 Å². The first kappa shape index (κ1) is 21.8. The second-order valence-corrected chi connectivity index (χ2v) is 9.53. The van der Waals surface area contributed by atoms with Crippen LogP contribution in [-0.4, -0.2) is 30.5 Å². The molecule has 1 amide bonds. The van der Waals surface area contributed by atoms with Crippen LogP contribution < -0.4 is 5.32 Å². The van der Waals surface area contributed by atoms with E-state index in [1.165, 1.54) is 32.3 Å². The molecule has 0 spiro atoms. The van der Waals surface area contributed by atoms with Crippen molar-refractivity contribution in [1.82, 2.24) is 14.8 Å². The third kappa shape index (κ3) is 4.81. The van der Waals surface area contributed by atoms with Crippen molar-refractivity contribution in [1.29, 1.82) is 0 Å². The van der Waals surface area contributed by atoms with Gasteiger partial charge < -0.3 is 15.1 Å². The molecule has 10 heteroatoms. The minimum Gasteiger partial charge on any atom is -0.326 e. The molecule has 3 N–H and O–H groups in total. The molecule has 0 atom stereocenters. The Morgan fingerprint density at radius 2 is 1.77 bits per heavy atom. The van der Waals surface area contributed by atoms with E-state index in [1.54, 1.807) is 41.0 Å². The summed E-state index contributed by atoms with van der Waals surface area (Å²) in [5.74, 6) is -0.0240. The summed E-state index contributed by atoms with van der Waals surface area (Å²) in [4.78, 5) is 31.3. The molecule has 0 bridgehead atoms. The number of aromatic nitrogens is 3. The number of halogens is 1. The van der Waals surface area contributed by atoms with Gasteiger partial charge in [0.1, 0.15) is 18.0 Å². The summed E-state index contributed by atoms with van der Waals surface area (Å²) in [5.41, 5.74) is 1.69. The fourth-order valence-electron chi connectivity index (χ4n) is 2.83. The van der Waals surface area contributed by atoms with Gasteiger partial charge in [-0.2, -0.15) is 0 Å². The SMILES string of the molecule is CC(C)(c1ccc(NC(=O)CCc2nncn2-c2ccc(F)cc2)cc1)P(=O)(O)O. The smallest absolute Gasteiger partial charge is 0.326 e. The number of benzene rings is 2. The first-order chi connectivity index (χ1) is 14.1. The maximum absolute atomic E-state index is 13.1. The first-order valence-electron chi connectivity index (χ1n) is 9.19. The number of aryl methyl sites for hydroxylation is 1. The second-order valence-electron chi connectivity index (χ2n) is 7.32. The predicted octanol–water partition coefficient (Wildman–Crippen LogP) is 3.39. The quantitative estimate of drug-likeness (QED) is 0.493. The third-order valence-corrected chi connectivity index (χ3v) is 6.62. The van der Waals surface area contributed by atoms with Gasteiger partial charge in [0.15, 0.2) is 0 Å². The molecule has 1 aromatic heterocycles. The number of anilines is 1. The molecular weight excluding hydrogens is 410 g/mol. The van der Waals surface area contributed by atoms with Gasteiger partial charge in [-0.3, -0.25) is 13.9 Å². The van der Waals surface area contributed by atoms with Crippen molar-refractivity contribution in [2.45, 2.75) is 31.8 Å². The van der Waals surface area contributed by atoms with Crippen LogP contribution in [0.25, 0.3) is 5.69 Å². The van der Waals surface area contributed by atoms with E-state index in [0.29, 0.717) is 29.2 Å². The zero-order chi connectivity index (χ0) is 21.9. The van der Waals surface area contributed by atoms with Crippen molar-refractivity contribution in [3.63, 3.8) is 0 Å². The first-order valence-corrected chi connectivity index (χ1v) is 10.8. The molecule has 0 saturated heterocycles. The number of hydrogen-bond acceptors (Lipinski definition) is 4. The molecule has 0 unspecified atom stereocenters. The lowest BCUT2D eigenvalue weighted by atomic mass is 10.0. The van der Waals surface area contributed by atoms with Crippen LogP contribution in [0.15, 0.2) is 54.9 Å². The lowest BCUT2D eigenvalue weighted by molar-refractivity contribution is -0.116. The van der Waals surface area contributed by atoms with Crippen molar-refractivity contribution in [2.24, 2.45) is 0 Å². The van der Waals surface area contributed by atoms with Gasteiger partial charge >= 0.3 is 7.60 Å². The fourth-order valence-corrected chi connectivity index (χ4v) is 3.31. The zero-order valence-corrected chi connectivity index (χ0v) is 17.4. The maximum atomic E-state index is 13.1. The van der Waals surface area contributed by atoms with Crippen LogP contribution in [0.3, 0.4) is 0 Å². The monoisotopic (exact) mass is 432 g/mol. The standard InChI is InChI=1S/C20H22FN4O4P/c1-20(2,30(27,28)29)14-3-7-16(8-4-14)23-19(26)12-11-18-24-22-13-25(18)17-9-5-15(21)6-10-17/h3-10,13H,11-12H2,1-2H3,(H,23,26)(H2,27,28,29). The number of nitrogens with one attached hydrogen (secondary N) is 1. The topological polar surface area (TPSA) is 117 Å². The zero-order valence-electron chi connectivity index (χ0n) is 16.5. The van der Waals surface area contributed by atoms with Gasteiger partial charge in [-0.15, -0.1) is 10.2 Å². The largest absolute Gasteiger partial charge is 0.335 e. The normalized spacial score (nSPS) is 12.0. The summed E-state index contributed by atoms with van der Waals surface area (Å²) in [6, 6.07) is 12.2. The molecule has 2 aromatic carbocycles. The van der Waals surface area contributed by atoms with Gasteiger partial charge in [-0.1, -0.05) is 12.1 Å². The lowest BCUT2D eigenvalue weighted by Crippen LogP contribution is -2.18. The highest BCUT2D eigenvalue weighted by Gasteiger charge is 2.39. The van der Waals surface area contributed by atoms with Crippen LogP contribution in [0.1, 0.15) is 31.7 Å². The highest BCUT2D eigenvalue weighted by Crippen LogP contribution is 2.56. The number of nitrogens with zero attached hydrogens (tertiary/aromatic N) is 3. The van der Waals surface area contributed by atoms with Gasteiger partial charge in [0.2, 0.25) is 5.91 Å². The summed E-state index contributed by atoms with van der Waals surface area (Å²) in [6.07, 6.45) is 1.98. The van der Waals surface area contributed by atoms with E-state index >= 15 is 0 Å². The molecule has 0 fully saturated rings. The Labute approximate surface area is 172 Å². The molecule has 0 aliphatic carbocycles. The van der Waals surface area contributed by atoms with Crippen molar-refractivity contribution in [2.75, 3.05) is 5.32 Å². The fraction of sp³-hybridized carbons (Fsp3) is 0.250. The number of amides is 1. The van der Waals surface area contributed by atoms with Crippen LogP contribution in [0.2, 0.25) is 0 Å². The predicted molar refractivity (Wildman–Crippen MR) is 110 cm³/mol. The summed E-state index contributed by atoms with van der Waals surface area (Å²) < 4.78 is 26.4. The molecule has 158 valence electrons. The Morgan fingerprint density at radius 3 is 2.37 bits per heavy atom. The molecule has 3 rings (SSSR count). The van der Waals surface area contributed by atoms with Crippen LogP contribution >= 0.6 is 7.60 Å². The molecule has 30 heavy (non-hydrogen) atoms. The van der Waals surface area contributed by atoms with Gasteiger partial charge in [-0.05, 0) is 55.8 Å². The van der Waals surface area contributed by atoms with Gasteiger partial charge in [-0.25, -0.2) is 4.39 Å². The molecule has 0 saturated carbocycles. The maximum Gasteiger partial charge on any atom is 0.335 e. The average molecular weight is 432 g/mol. The number of rotatable bonds is 7. The van der Waals surface area contributed by atoms with E-state index in [-0.39, 0.29) is 18.1 Å². The highest BCUT2D eigenvalue weighted by atomic mass is 31.2. The number of hydrogen-bond donors (Lipinski definition) is 3. The van der Waals surface area contributed by atoms with E-state index in [0.717, 1.165) is 0 Å². The van der Waals surface area contributed by atoms with E-state index in [4.69, 9.17) is 0 Å². The average Bonchev–Trinajstić information content (AvgIpc) is 3.15. The van der Waals surface area contributed by atoms with Crippen molar-refractivity contribution < 1.29 is 23.5 Å². The number of carbonyl (C=O) groups excluding carboxylic acids is 1. The Hall–Kier alpha value is -2.87. The lowest BCUT2D eigenvalue weighted by Gasteiger charge is -2.26. The van der Waals surface area contributed by atoms with Crippen molar-refractivity contribution >= 4 is 19.2 Å². The van der Waals surface area contributed by atoms with E-state index < -0.39 is 12.8 Å². The summed E-state index contributed by atoms with van der Waals surface area (Å²) in [6.45, 7) is 2.94. The highest BCUT2D eigenvalue weighted by molar-refractivity contribution is 7.53. The van der Waals surface area contributed by atoms with E-state index in [2.05, 4.69) is 15.5 Å². The van der Waals surface area contributed by atoms with Crippen LogP contribution in [0, 0.1) is 5.82 Å². The summed E-state index contributed by atoms with van der Waals surface area (Å²) in [7, 11) is -4.33. The molecular formula is C20H22FN4O4P. The Bertz CT molecular complexity index is 1070. The summed E-state index contributed by atoms with van der Waals surface area (Å²) >= 11 is 0. The van der Waals surface area contributed by atoms with Gasteiger partial charge in [0.05, 0.1) is 5.16 Å². The molecule has 8 nitrogen and oxygen atoms in total. The summed E-state index contributed by atoms with van der Waals surface area (Å²) in [5, 5.41) is 9.31. The van der Waals surface area contributed by atoms with E-state index in [9.17, 15) is 23.5 Å². The second kappa shape index (κ2) is 8.47. The van der Waals surface area contributed by atoms with Crippen LogP contribution in [0.4, 0.5) is 10.1 Å². The molecule has 0 aliphatic rings. The Balaban J connectivity index is 1.62. The number of carbonyl (C=O) groups is 1. The molecule has 3 aromatic rings. The van der Waals surface area contributed by atoms with Gasteiger partial charge in [0, 0.05) is 24.2 Å². The van der Waals surface area contributed by atoms with Crippen molar-refractivity contribution in [3.8, 4) is 5.69 Å².